The summed E-state index contributed by atoms with van der Waals surface area (Å²) < 4.78 is 60.5. The summed E-state index contributed by atoms with van der Waals surface area (Å²) in [4.78, 5) is 0. The molecule has 0 aromatic heterocycles. The third-order valence-electron chi connectivity index (χ3n) is 2.10. The number of hydrogen-bond donors (Lipinski definition) is 0. The van der Waals surface area contributed by atoms with E-state index in [2.05, 4.69) is 3.63 Å². The fourth-order valence-corrected chi connectivity index (χ4v) is 3.00. The van der Waals surface area contributed by atoms with Gasteiger partial charge in [-0.2, -0.15) is 25.2 Å². The van der Waals surface area contributed by atoms with Crippen molar-refractivity contribution in [3.05, 3.63) is 0 Å². The first-order valence-electron chi connectivity index (χ1n) is 4.49. The second kappa shape index (κ2) is 4.92. The van der Waals surface area contributed by atoms with Gasteiger partial charge in [-0.3, -0.25) is 0 Å². The van der Waals surface area contributed by atoms with Gasteiger partial charge in [0.15, 0.2) is 0 Å². The molecule has 0 radical (unpaired) electrons. The summed E-state index contributed by atoms with van der Waals surface area (Å²) in [5.74, 6) is 0. The molecule has 3 nitrogen and oxygen atoms in total. The van der Waals surface area contributed by atoms with E-state index in [0.717, 1.165) is 19.3 Å². The number of rotatable bonds is 3. The molecule has 0 bridgehead atoms. The second-order valence-electron chi connectivity index (χ2n) is 3.32. The van der Waals surface area contributed by atoms with Gasteiger partial charge in [0.2, 0.25) is 0 Å². The minimum Gasteiger partial charge on any atom is -0.191 e. The zero-order valence-corrected chi connectivity index (χ0v) is 9.42. The van der Waals surface area contributed by atoms with Crippen LogP contribution in [0.3, 0.4) is 0 Å². The molecule has 1 fully saturated rings. The van der Waals surface area contributed by atoms with Crippen LogP contribution in [-0.2, 0) is 13.7 Å². The molecule has 8 heteroatoms. The molecule has 0 amide bonds. The lowest BCUT2D eigenvalue weighted by Crippen LogP contribution is -2.24. The molecule has 15 heavy (non-hydrogen) atoms. The summed E-state index contributed by atoms with van der Waals surface area (Å²) >= 11 is 0.423. The lowest BCUT2D eigenvalue weighted by molar-refractivity contribution is -0.0494. The quantitative estimate of drug-likeness (QED) is 0.580. The Bertz CT molecular complexity index is 293. The van der Waals surface area contributed by atoms with Crippen molar-refractivity contribution in [1.82, 2.24) is 0 Å². The summed E-state index contributed by atoms with van der Waals surface area (Å²) in [5, 5.41) is -0.143. The fraction of sp³-hybridized carbons (Fsp3) is 1.00. The molecule has 1 aliphatic rings. The Morgan fingerprint density at radius 1 is 1.13 bits per heavy atom. The predicted octanol–water partition coefficient (Wildman–Crippen LogP) is 2.83. The number of hydrogen-bond acceptors (Lipinski definition) is 4. The lowest BCUT2D eigenvalue weighted by atomic mass is 10.0. The Balaban J connectivity index is 2.42. The molecule has 0 spiro atoms. The van der Waals surface area contributed by atoms with E-state index < -0.39 is 15.6 Å². The molecule has 90 valence electrons. The molecule has 0 unspecified atom stereocenters. The maximum atomic E-state index is 11.9. The average molecular weight is 264 g/mol. The second-order valence-corrected chi connectivity index (χ2v) is 6.10. The molecule has 0 aliphatic heterocycles. The Hall–Kier alpha value is 0.0500. The fourth-order valence-electron chi connectivity index (χ4n) is 1.31. The first-order chi connectivity index (χ1) is 6.83. The predicted molar refractivity (Wildman–Crippen MR) is 50.5 cm³/mol. The maximum absolute atomic E-state index is 11.9. The molecular weight excluding hydrogens is 253 g/mol. The molecule has 1 rings (SSSR count). The van der Waals surface area contributed by atoms with Crippen LogP contribution in [-0.4, -0.2) is 19.2 Å². The SMILES string of the molecule is O=S(=O)(OSC1CCCCC1)C(F)(F)F. The van der Waals surface area contributed by atoms with Gasteiger partial charge in [0.1, 0.15) is 0 Å². The Morgan fingerprint density at radius 3 is 2.13 bits per heavy atom. The normalized spacial score (nSPS) is 20.5. The number of alkyl halides is 3. The van der Waals surface area contributed by atoms with Crippen LogP contribution in [0.15, 0.2) is 0 Å². The summed E-state index contributed by atoms with van der Waals surface area (Å²) in [5.41, 5.74) is -5.32. The molecular formula is C7H11F3O3S2. The maximum Gasteiger partial charge on any atom is 0.524 e. The van der Waals surface area contributed by atoms with E-state index in [9.17, 15) is 21.6 Å². The van der Waals surface area contributed by atoms with Crippen molar-refractivity contribution in [3.8, 4) is 0 Å². The highest BCUT2D eigenvalue weighted by Crippen LogP contribution is 2.34. The average Bonchev–Trinajstić information content (AvgIpc) is 2.15. The van der Waals surface area contributed by atoms with E-state index in [1.165, 1.54) is 0 Å². The van der Waals surface area contributed by atoms with Crippen LogP contribution in [0.1, 0.15) is 32.1 Å². The highest BCUT2D eigenvalue weighted by atomic mass is 32.3. The van der Waals surface area contributed by atoms with Gasteiger partial charge in [0.05, 0.1) is 0 Å². The van der Waals surface area contributed by atoms with Crippen molar-refractivity contribution >= 4 is 22.2 Å². The van der Waals surface area contributed by atoms with E-state index in [1.807, 2.05) is 0 Å². The van der Waals surface area contributed by atoms with E-state index in [-0.39, 0.29) is 5.25 Å². The van der Waals surface area contributed by atoms with Crippen LogP contribution in [0.2, 0.25) is 0 Å². The van der Waals surface area contributed by atoms with Gasteiger partial charge in [-0.15, -0.1) is 0 Å². The van der Waals surface area contributed by atoms with E-state index in [1.54, 1.807) is 0 Å². The van der Waals surface area contributed by atoms with Crippen molar-refractivity contribution in [2.75, 3.05) is 0 Å². The number of halogens is 3. The first-order valence-corrected chi connectivity index (χ1v) is 6.70. The van der Waals surface area contributed by atoms with Crippen molar-refractivity contribution in [2.24, 2.45) is 0 Å². The van der Waals surface area contributed by atoms with Crippen LogP contribution in [0.25, 0.3) is 0 Å². The molecule has 1 aliphatic carbocycles. The van der Waals surface area contributed by atoms with Crippen LogP contribution in [0.5, 0.6) is 0 Å². The smallest absolute Gasteiger partial charge is 0.191 e. The van der Waals surface area contributed by atoms with E-state index >= 15 is 0 Å². The highest BCUT2D eigenvalue weighted by molar-refractivity contribution is 8.05. The van der Waals surface area contributed by atoms with Gasteiger partial charge >= 0.3 is 15.6 Å². The standard InChI is InChI=1S/C7H11F3O3S2/c8-7(9,10)15(11,12)13-14-6-4-2-1-3-5-6/h6H,1-5H2. The zero-order chi connectivity index (χ0) is 11.5. The molecule has 0 aromatic rings. The molecule has 0 saturated heterocycles. The zero-order valence-electron chi connectivity index (χ0n) is 7.79. The van der Waals surface area contributed by atoms with Gasteiger partial charge in [-0.1, -0.05) is 19.3 Å². The Kier molecular flexibility index (Phi) is 4.30. The van der Waals surface area contributed by atoms with Gasteiger partial charge in [0.25, 0.3) is 0 Å². The highest BCUT2D eigenvalue weighted by Gasteiger charge is 2.48. The van der Waals surface area contributed by atoms with E-state index in [4.69, 9.17) is 0 Å². The van der Waals surface area contributed by atoms with Crippen molar-refractivity contribution < 1.29 is 25.2 Å². The van der Waals surface area contributed by atoms with Crippen LogP contribution in [0.4, 0.5) is 13.2 Å². The minimum atomic E-state index is -5.43. The molecule has 0 aromatic carbocycles. The monoisotopic (exact) mass is 264 g/mol. The van der Waals surface area contributed by atoms with Crippen molar-refractivity contribution in [2.45, 2.75) is 42.9 Å². The van der Waals surface area contributed by atoms with Gasteiger partial charge in [-0.25, -0.2) is 0 Å². The molecule has 0 atom stereocenters. The Labute approximate surface area is 90.7 Å². The van der Waals surface area contributed by atoms with Gasteiger partial charge in [0, 0.05) is 17.3 Å². The summed E-state index contributed by atoms with van der Waals surface area (Å²) in [7, 11) is -5.43. The van der Waals surface area contributed by atoms with Crippen LogP contribution in [0, 0.1) is 0 Å². The summed E-state index contributed by atoms with van der Waals surface area (Å²) in [6.45, 7) is 0. The Morgan fingerprint density at radius 2 is 1.67 bits per heavy atom. The van der Waals surface area contributed by atoms with Crippen molar-refractivity contribution in [3.63, 3.8) is 0 Å². The van der Waals surface area contributed by atoms with Crippen LogP contribution >= 0.6 is 12.0 Å². The summed E-state index contributed by atoms with van der Waals surface area (Å²) in [6.07, 6.45) is 4.28. The first kappa shape index (κ1) is 13.1. The summed E-state index contributed by atoms with van der Waals surface area (Å²) in [6, 6.07) is 0. The largest absolute Gasteiger partial charge is 0.524 e. The lowest BCUT2D eigenvalue weighted by Gasteiger charge is -2.19. The molecule has 1 saturated carbocycles. The topological polar surface area (TPSA) is 43.4 Å². The third-order valence-corrected chi connectivity index (χ3v) is 4.44. The van der Waals surface area contributed by atoms with Crippen molar-refractivity contribution in [1.29, 1.82) is 0 Å². The van der Waals surface area contributed by atoms with E-state index in [0.29, 0.717) is 24.9 Å². The van der Waals surface area contributed by atoms with Gasteiger partial charge in [-0.05, 0) is 12.8 Å². The minimum absolute atomic E-state index is 0.143. The molecule has 0 N–H and O–H groups in total. The third kappa shape index (κ3) is 3.84. The van der Waals surface area contributed by atoms with Gasteiger partial charge < -0.3 is 0 Å². The van der Waals surface area contributed by atoms with Crippen LogP contribution < -0.4 is 0 Å². The molecule has 0 heterocycles.